The number of carbonyl (C=O) groups is 2. The third-order valence-corrected chi connectivity index (χ3v) is 8.65. The SMILES string of the molecule is C[NH+]=C(C1=C(N)[C@@H](C)N(C(=O)c2cc(F)cc(-c3c[nH]c(C#N)c3)c2Cl)CC1)c1cc(Cl)cc(C2(C(N)=O)CC2)c1. The lowest BCUT2D eigenvalue weighted by Gasteiger charge is -2.35. The first-order valence-corrected chi connectivity index (χ1v) is 13.8. The molecule has 6 N–H and O–H groups in total. The Kier molecular flexibility index (Phi) is 7.41. The Morgan fingerprint density at radius 1 is 1.20 bits per heavy atom. The van der Waals surface area contributed by atoms with E-state index in [1.54, 1.807) is 31.0 Å². The Bertz CT molecular complexity index is 1700. The topological polar surface area (TPSA) is 143 Å². The Morgan fingerprint density at radius 2 is 1.93 bits per heavy atom. The van der Waals surface area contributed by atoms with Crippen LogP contribution in [0.5, 0.6) is 0 Å². The van der Waals surface area contributed by atoms with Crippen LogP contribution in [0.15, 0.2) is 53.9 Å². The molecule has 0 bridgehead atoms. The number of hydrogen-bond donors (Lipinski definition) is 4. The van der Waals surface area contributed by atoms with Crippen LogP contribution in [0.1, 0.15) is 53.4 Å². The number of nitrogens with two attached hydrogens (primary N) is 2. The van der Waals surface area contributed by atoms with Crippen LogP contribution in [0.25, 0.3) is 11.1 Å². The molecule has 41 heavy (non-hydrogen) atoms. The molecule has 8 nitrogen and oxygen atoms in total. The van der Waals surface area contributed by atoms with Crippen LogP contribution in [-0.2, 0) is 10.2 Å². The molecule has 1 aliphatic heterocycles. The lowest BCUT2D eigenvalue weighted by Crippen LogP contribution is -2.69. The van der Waals surface area contributed by atoms with Gasteiger partial charge in [-0.3, -0.25) is 9.59 Å². The molecule has 0 saturated heterocycles. The lowest BCUT2D eigenvalue weighted by molar-refractivity contribution is -0.418. The Balaban J connectivity index is 1.47. The molecule has 11 heteroatoms. The maximum atomic E-state index is 14.7. The minimum atomic E-state index is -0.707. The number of carbonyl (C=O) groups excluding carboxylic acids is 2. The molecule has 3 aromatic rings. The molecule has 1 saturated carbocycles. The fourth-order valence-electron chi connectivity index (χ4n) is 5.54. The fraction of sp³-hybridized carbons (Fsp3) is 0.267. The molecule has 2 aromatic carbocycles. The fourth-order valence-corrected chi connectivity index (χ4v) is 6.08. The van der Waals surface area contributed by atoms with Crippen molar-refractivity contribution in [1.29, 1.82) is 5.26 Å². The number of primary amides is 1. The minimum absolute atomic E-state index is 0.00274. The van der Waals surface area contributed by atoms with Crippen LogP contribution in [0.4, 0.5) is 4.39 Å². The van der Waals surface area contributed by atoms with E-state index >= 15 is 0 Å². The predicted octanol–water partition coefficient (Wildman–Crippen LogP) is 3.16. The monoisotopic (exact) mass is 593 g/mol. The first kappa shape index (κ1) is 28.4. The number of amides is 2. The van der Waals surface area contributed by atoms with E-state index in [1.807, 2.05) is 12.1 Å². The number of rotatable bonds is 6. The van der Waals surface area contributed by atoms with E-state index in [-0.39, 0.29) is 22.2 Å². The lowest BCUT2D eigenvalue weighted by atomic mass is 9.88. The van der Waals surface area contributed by atoms with Gasteiger partial charge in [0.2, 0.25) is 11.6 Å². The molecule has 0 radical (unpaired) electrons. The molecule has 2 amide bonds. The largest absolute Gasteiger partial charge is 0.400 e. The van der Waals surface area contributed by atoms with Gasteiger partial charge in [-0.2, -0.15) is 5.26 Å². The van der Waals surface area contributed by atoms with Gasteiger partial charge in [0.15, 0.2) is 0 Å². The number of nitriles is 1. The number of halogens is 3. The van der Waals surface area contributed by atoms with Crippen molar-refractivity contribution in [3.05, 3.63) is 92.1 Å². The molecule has 5 rings (SSSR count). The zero-order valence-corrected chi connectivity index (χ0v) is 24.0. The first-order valence-electron chi connectivity index (χ1n) is 13.0. The highest BCUT2D eigenvalue weighted by molar-refractivity contribution is 6.36. The van der Waals surface area contributed by atoms with E-state index in [9.17, 15) is 14.0 Å². The molecule has 1 fully saturated rings. The molecule has 2 heterocycles. The molecule has 1 aromatic heterocycles. The van der Waals surface area contributed by atoms with Gasteiger partial charge in [-0.1, -0.05) is 23.2 Å². The quantitative estimate of drug-likeness (QED) is 0.325. The average molecular weight is 594 g/mol. The van der Waals surface area contributed by atoms with Crippen LogP contribution in [0, 0.1) is 17.1 Å². The number of aromatic amines is 1. The van der Waals surface area contributed by atoms with Crippen molar-refractivity contribution in [2.45, 2.75) is 37.6 Å². The number of H-pyrrole nitrogens is 1. The van der Waals surface area contributed by atoms with Crippen molar-refractivity contribution < 1.29 is 19.0 Å². The molecular formula is C30H28Cl2FN6O2+. The highest BCUT2D eigenvalue weighted by atomic mass is 35.5. The van der Waals surface area contributed by atoms with Crippen LogP contribution in [0.3, 0.4) is 0 Å². The summed E-state index contributed by atoms with van der Waals surface area (Å²) < 4.78 is 14.7. The normalized spacial score (nSPS) is 18.3. The summed E-state index contributed by atoms with van der Waals surface area (Å²) in [5.74, 6) is -1.47. The summed E-state index contributed by atoms with van der Waals surface area (Å²) in [6.45, 7) is 2.10. The predicted molar refractivity (Wildman–Crippen MR) is 155 cm³/mol. The van der Waals surface area contributed by atoms with E-state index < -0.39 is 23.2 Å². The zero-order valence-electron chi connectivity index (χ0n) is 22.4. The van der Waals surface area contributed by atoms with E-state index in [4.69, 9.17) is 39.9 Å². The number of nitrogens with one attached hydrogen (secondary N) is 2. The van der Waals surface area contributed by atoms with Crippen LogP contribution in [-0.4, -0.2) is 47.0 Å². The van der Waals surface area contributed by atoms with Crippen molar-refractivity contribution in [2.75, 3.05) is 13.6 Å². The minimum Gasteiger partial charge on any atom is -0.400 e. The highest BCUT2D eigenvalue weighted by Gasteiger charge is 2.50. The van der Waals surface area contributed by atoms with Gasteiger partial charge in [-0.25, -0.2) is 9.38 Å². The molecular weight excluding hydrogens is 566 g/mol. The van der Waals surface area contributed by atoms with Crippen molar-refractivity contribution in [3.63, 3.8) is 0 Å². The summed E-state index contributed by atoms with van der Waals surface area (Å²) in [5, 5.41) is 9.68. The van der Waals surface area contributed by atoms with Crippen molar-refractivity contribution in [2.24, 2.45) is 11.5 Å². The zero-order chi connectivity index (χ0) is 29.6. The van der Waals surface area contributed by atoms with Gasteiger partial charge in [-0.15, -0.1) is 0 Å². The van der Waals surface area contributed by atoms with Gasteiger partial charge >= 0.3 is 0 Å². The van der Waals surface area contributed by atoms with Crippen molar-refractivity contribution in [3.8, 4) is 17.2 Å². The van der Waals surface area contributed by atoms with Crippen LogP contribution >= 0.6 is 23.2 Å². The van der Waals surface area contributed by atoms with Crippen LogP contribution in [0.2, 0.25) is 10.0 Å². The highest BCUT2D eigenvalue weighted by Crippen LogP contribution is 2.48. The summed E-state index contributed by atoms with van der Waals surface area (Å²) in [7, 11) is 1.77. The average Bonchev–Trinajstić information content (AvgIpc) is 3.63. The number of benzene rings is 2. The standard InChI is InChI=1S/C30H27Cl2FN6O2/c1-15-26(35)22(27(37-2)16-7-18(10-19(31)8-16)30(4-5-30)29(36)41)3-6-39(15)28(40)24-12-20(33)11-23(25(24)32)17-9-21(13-34)38-14-17/h7-12,14-15,38H,3-6,35H2,1-2H3,(H2,36,41)/p+1/t15-/m1/s1. The Labute approximate surface area is 246 Å². The summed E-state index contributed by atoms with van der Waals surface area (Å²) >= 11 is 13.1. The Hall–Kier alpha value is -4.13. The summed E-state index contributed by atoms with van der Waals surface area (Å²) in [6, 6.07) is 10.8. The van der Waals surface area contributed by atoms with E-state index in [1.165, 1.54) is 18.3 Å². The summed E-state index contributed by atoms with van der Waals surface area (Å²) in [5.41, 5.74) is 16.2. The van der Waals surface area contributed by atoms with Gasteiger partial charge in [0.1, 0.15) is 24.6 Å². The van der Waals surface area contributed by atoms with Crippen LogP contribution < -0.4 is 16.5 Å². The summed E-state index contributed by atoms with van der Waals surface area (Å²) in [4.78, 5) is 33.4. The van der Waals surface area contributed by atoms with Crippen molar-refractivity contribution in [1.82, 2.24) is 9.88 Å². The van der Waals surface area contributed by atoms with E-state index in [2.05, 4.69) is 9.98 Å². The number of aromatic nitrogens is 1. The third-order valence-electron chi connectivity index (χ3n) is 8.02. The third kappa shape index (κ3) is 4.98. The molecule has 1 atom stereocenters. The molecule has 1 aliphatic carbocycles. The Morgan fingerprint density at radius 3 is 2.54 bits per heavy atom. The second-order valence-corrected chi connectivity index (χ2v) is 11.2. The smallest absolute Gasteiger partial charge is 0.256 e. The molecule has 210 valence electrons. The van der Waals surface area contributed by atoms with Gasteiger partial charge in [0.05, 0.1) is 22.0 Å². The van der Waals surface area contributed by atoms with Gasteiger partial charge in [-0.05, 0) is 68.1 Å². The summed E-state index contributed by atoms with van der Waals surface area (Å²) in [6.07, 6.45) is 3.28. The maximum Gasteiger partial charge on any atom is 0.256 e. The maximum absolute atomic E-state index is 14.7. The first-order chi connectivity index (χ1) is 19.5. The van der Waals surface area contributed by atoms with E-state index in [0.29, 0.717) is 47.7 Å². The van der Waals surface area contributed by atoms with Gasteiger partial charge < -0.3 is 21.4 Å². The second kappa shape index (κ2) is 10.7. The van der Waals surface area contributed by atoms with Gasteiger partial charge in [0, 0.05) is 45.7 Å². The van der Waals surface area contributed by atoms with E-state index in [0.717, 1.165) is 28.5 Å². The van der Waals surface area contributed by atoms with Gasteiger partial charge in [0.25, 0.3) is 5.91 Å². The number of hydrogen-bond acceptors (Lipinski definition) is 4. The van der Waals surface area contributed by atoms with Crippen molar-refractivity contribution >= 4 is 40.7 Å². The molecule has 2 aliphatic rings. The molecule has 0 spiro atoms. The second-order valence-electron chi connectivity index (χ2n) is 10.4. The number of nitrogens with zero attached hydrogens (tertiary/aromatic N) is 2. The molecule has 0 unspecified atom stereocenters.